The molecule has 0 radical (unpaired) electrons. The fourth-order valence-corrected chi connectivity index (χ4v) is 3.57. The summed E-state index contributed by atoms with van der Waals surface area (Å²) in [5, 5.41) is 18.1. The predicted molar refractivity (Wildman–Crippen MR) is 116 cm³/mol. The normalized spacial score (nSPS) is 13.4. The second-order valence-electron chi connectivity index (χ2n) is 6.77. The first-order valence-corrected chi connectivity index (χ1v) is 10.0. The first-order chi connectivity index (χ1) is 14.5. The fourth-order valence-electron chi connectivity index (χ4n) is 3.33. The maximum Gasteiger partial charge on any atom is 0.353 e. The van der Waals surface area contributed by atoms with E-state index in [-0.39, 0.29) is 17.3 Å². The van der Waals surface area contributed by atoms with Gasteiger partial charge in [0.1, 0.15) is 17.8 Å². The van der Waals surface area contributed by atoms with Gasteiger partial charge in [-0.1, -0.05) is 23.3 Å². The highest BCUT2D eigenvalue weighted by molar-refractivity contribution is 6.32. The third-order valence-corrected chi connectivity index (χ3v) is 5.15. The van der Waals surface area contributed by atoms with E-state index in [0.29, 0.717) is 28.8 Å². The van der Waals surface area contributed by atoms with Gasteiger partial charge in [-0.05, 0) is 38.2 Å². The van der Waals surface area contributed by atoms with Crippen LogP contribution < -0.4 is 20.1 Å². The van der Waals surface area contributed by atoms with Crippen molar-refractivity contribution < 1.29 is 14.4 Å². The van der Waals surface area contributed by atoms with Gasteiger partial charge >= 0.3 is 5.69 Å². The van der Waals surface area contributed by atoms with Crippen molar-refractivity contribution in [1.29, 1.82) is 0 Å². The van der Waals surface area contributed by atoms with Crippen LogP contribution in [0.4, 0.5) is 23.0 Å². The molecule has 0 bridgehead atoms. The van der Waals surface area contributed by atoms with E-state index in [2.05, 4.69) is 26.7 Å². The largest absolute Gasteiger partial charge is 0.495 e. The van der Waals surface area contributed by atoms with Gasteiger partial charge in [-0.15, -0.1) is 0 Å². The topological polar surface area (TPSA) is 111 Å². The van der Waals surface area contributed by atoms with Crippen LogP contribution in [0, 0.1) is 10.1 Å². The quantitative estimate of drug-likeness (QED) is 0.319. The number of benzene rings is 1. The summed E-state index contributed by atoms with van der Waals surface area (Å²) < 4.78 is 10.5. The van der Waals surface area contributed by atoms with Crippen LogP contribution in [0.1, 0.15) is 32.1 Å². The van der Waals surface area contributed by atoms with Gasteiger partial charge in [0.2, 0.25) is 11.6 Å². The number of halogens is 1. The second-order valence-corrected chi connectivity index (χ2v) is 7.18. The van der Waals surface area contributed by atoms with E-state index in [1.54, 1.807) is 12.1 Å². The molecule has 0 saturated heterocycles. The van der Waals surface area contributed by atoms with Gasteiger partial charge in [0.15, 0.2) is 0 Å². The molecule has 2 aromatic rings. The van der Waals surface area contributed by atoms with Crippen molar-refractivity contribution >= 4 is 34.6 Å². The molecule has 0 saturated carbocycles. The number of anilines is 3. The molecule has 0 fully saturated rings. The van der Waals surface area contributed by atoms with E-state index >= 15 is 0 Å². The SMILES string of the molecule is COc1cc(OC)c(Nc2ncnc(NCCC3=CCCCC3)c2[N+](=O)[O-])cc1Cl. The van der Waals surface area contributed by atoms with Crippen molar-refractivity contribution in [2.24, 2.45) is 0 Å². The monoisotopic (exact) mass is 433 g/mol. The Balaban J connectivity index is 1.83. The minimum Gasteiger partial charge on any atom is -0.495 e. The zero-order valence-corrected chi connectivity index (χ0v) is 17.7. The maximum atomic E-state index is 11.8. The minimum atomic E-state index is -0.512. The first kappa shape index (κ1) is 21.6. The zero-order chi connectivity index (χ0) is 21.5. The average molecular weight is 434 g/mol. The van der Waals surface area contributed by atoms with Gasteiger partial charge in [-0.25, -0.2) is 9.97 Å². The van der Waals surface area contributed by atoms with Crippen molar-refractivity contribution in [1.82, 2.24) is 9.97 Å². The Morgan fingerprint density at radius 3 is 2.60 bits per heavy atom. The lowest BCUT2D eigenvalue weighted by Gasteiger charge is -2.15. The number of methoxy groups -OCH3 is 2. The van der Waals surface area contributed by atoms with Crippen LogP contribution in [0.15, 0.2) is 30.1 Å². The zero-order valence-electron chi connectivity index (χ0n) is 16.9. The summed E-state index contributed by atoms with van der Waals surface area (Å²) in [5.41, 5.74) is 1.55. The van der Waals surface area contributed by atoms with E-state index < -0.39 is 4.92 Å². The van der Waals surface area contributed by atoms with Crippen molar-refractivity contribution in [2.45, 2.75) is 32.1 Å². The molecule has 0 spiro atoms. The number of aromatic nitrogens is 2. The van der Waals surface area contributed by atoms with Crippen molar-refractivity contribution in [3.63, 3.8) is 0 Å². The smallest absolute Gasteiger partial charge is 0.353 e. The highest BCUT2D eigenvalue weighted by Gasteiger charge is 2.24. The lowest BCUT2D eigenvalue weighted by atomic mass is 9.97. The van der Waals surface area contributed by atoms with Crippen molar-refractivity contribution in [3.8, 4) is 11.5 Å². The second kappa shape index (κ2) is 10.1. The lowest BCUT2D eigenvalue weighted by molar-refractivity contribution is -0.383. The number of rotatable bonds is 9. The Morgan fingerprint density at radius 2 is 1.93 bits per heavy atom. The molecule has 1 aromatic carbocycles. The molecule has 1 aromatic heterocycles. The molecule has 10 heteroatoms. The summed E-state index contributed by atoms with van der Waals surface area (Å²) in [4.78, 5) is 19.4. The van der Waals surface area contributed by atoms with Crippen LogP contribution in [-0.2, 0) is 0 Å². The molecular weight excluding hydrogens is 410 g/mol. The molecule has 160 valence electrons. The summed E-state index contributed by atoms with van der Waals surface area (Å²) in [5.74, 6) is 1.03. The molecule has 9 nitrogen and oxygen atoms in total. The molecule has 3 rings (SSSR count). The number of ether oxygens (including phenoxy) is 2. The Kier molecular flexibility index (Phi) is 7.29. The number of nitrogens with zero attached hydrogens (tertiary/aromatic N) is 3. The van der Waals surface area contributed by atoms with E-state index in [1.165, 1.54) is 39.0 Å². The van der Waals surface area contributed by atoms with E-state index in [4.69, 9.17) is 21.1 Å². The number of nitro groups is 1. The van der Waals surface area contributed by atoms with E-state index in [0.717, 1.165) is 19.3 Å². The van der Waals surface area contributed by atoms with Crippen LogP contribution in [0.3, 0.4) is 0 Å². The Labute approximate surface area is 179 Å². The molecule has 30 heavy (non-hydrogen) atoms. The molecule has 1 heterocycles. The summed E-state index contributed by atoms with van der Waals surface area (Å²) in [6.07, 6.45) is 8.96. The van der Waals surface area contributed by atoms with Crippen LogP contribution in [-0.4, -0.2) is 35.7 Å². The van der Waals surface area contributed by atoms with E-state index in [9.17, 15) is 10.1 Å². The first-order valence-electron chi connectivity index (χ1n) is 9.63. The maximum absolute atomic E-state index is 11.8. The molecule has 0 unspecified atom stereocenters. The third kappa shape index (κ3) is 5.10. The van der Waals surface area contributed by atoms with Crippen molar-refractivity contribution in [2.75, 3.05) is 31.4 Å². The van der Waals surface area contributed by atoms with Gasteiger partial charge in [-0.2, -0.15) is 0 Å². The fraction of sp³-hybridized carbons (Fsp3) is 0.400. The Hall–Kier alpha value is -3.07. The van der Waals surface area contributed by atoms with E-state index in [1.807, 2.05) is 0 Å². The van der Waals surface area contributed by atoms with Crippen LogP contribution in [0.5, 0.6) is 11.5 Å². The van der Waals surface area contributed by atoms with Gasteiger partial charge in [0, 0.05) is 12.6 Å². The highest BCUT2D eigenvalue weighted by atomic mass is 35.5. The lowest BCUT2D eigenvalue weighted by Crippen LogP contribution is -2.10. The van der Waals surface area contributed by atoms with Crippen LogP contribution in [0.2, 0.25) is 5.02 Å². The number of allylic oxidation sites excluding steroid dienone is 1. The van der Waals surface area contributed by atoms with Crippen LogP contribution >= 0.6 is 11.6 Å². The standard InChI is InChI=1S/C20H24ClN5O4/c1-29-16-11-17(30-2)15(10-14(16)21)25-20-18(26(27)28)19(23-12-24-20)22-9-8-13-6-4-3-5-7-13/h6,10-12H,3-5,7-9H2,1-2H3,(H2,22,23,24,25). The Bertz CT molecular complexity index is 951. The summed E-state index contributed by atoms with van der Waals surface area (Å²) in [7, 11) is 2.97. The predicted octanol–water partition coefficient (Wildman–Crippen LogP) is 5.10. The number of hydrogen-bond donors (Lipinski definition) is 2. The van der Waals surface area contributed by atoms with Gasteiger partial charge in [0.05, 0.1) is 29.9 Å². The summed E-state index contributed by atoms with van der Waals surface area (Å²) >= 11 is 6.20. The molecule has 1 aliphatic carbocycles. The molecule has 0 aliphatic heterocycles. The molecule has 2 N–H and O–H groups in total. The van der Waals surface area contributed by atoms with Gasteiger partial charge in [0.25, 0.3) is 0 Å². The number of nitrogens with one attached hydrogen (secondary N) is 2. The third-order valence-electron chi connectivity index (χ3n) is 4.86. The summed E-state index contributed by atoms with van der Waals surface area (Å²) in [6.45, 7) is 0.556. The van der Waals surface area contributed by atoms with Gasteiger partial charge in [-0.3, -0.25) is 10.1 Å². The Morgan fingerprint density at radius 1 is 1.17 bits per heavy atom. The molecule has 0 atom stereocenters. The molecule has 0 amide bonds. The van der Waals surface area contributed by atoms with Crippen molar-refractivity contribution in [3.05, 3.63) is 45.2 Å². The molecular formula is C20H24ClN5O4. The highest BCUT2D eigenvalue weighted by Crippen LogP contribution is 2.39. The summed E-state index contributed by atoms with van der Waals surface area (Å²) in [6, 6.07) is 3.16. The van der Waals surface area contributed by atoms with Crippen LogP contribution in [0.25, 0.3) is 0 Å². The van der Waals surface area contributed by atoms with Gasteiger partial charge < -0.3 is 20.1 Å². The molecule has 1 aliphatic rings. The minimum absolute atomic E-state index is 0.0360. The average Bonchev–Trinajstić information content (AvgIpc) is 2.74. The number of hydrogen-bond acceptors (Lipinski definition) is 8.